The van der Waals surface area contributed by atoms with Crippen molar-refractivity contribution < 1.29 is 114 Å². The molecule has 0 bridgehead atoms. The van der Waals surface area contributed by atoms with Gasteiger partial charge in [-0.25, -0.2) is 0 Å². The fraction of sp³-hybridized carbons (Fsp3) is 0.940. The Morgan fingerprint density at radius 2 is 1.22 bits per heavy atom. The second-order valence-corrected chi connectivity index (χ2v) is 23.0. The zero-order chi connectivity index (χ0) is 53.0. The molecule has 0 aromatic heterocycles. The van der Waals surface area contributed by atoms with Gasteiger partial charge in [-0.1, -0.05) is 46.6 Å². The minimum atomic E-state index is -1.98. The van der Waals surface area contributed by atoms with Crippen LogP contribution in [0.2, 0.25) is 0 Å². The van der Waals surface area contributed by atoms with Crippen LogP contribution < -0.4 is 0 Å². The predicted molar refractivity (Wildman–Crippen MR) is 247 cm³/mol. The van der Waals surface area contributed by atoms with E-state index in [1.54, 1.807) is 0 Å². The number of aliphatic hydroxyl groups is 14. The number of ether oxygens (including phenoxy) is 8. The van der Waals surface area contributed by atoms with E-state index in [9.17, 15) is 76.3 Å². The van der Waals surface area contributed by atoms with Crippen LogP contribution in [0.4, 0.5) is 0 Å². The molecule has 4 saturated heterocycles. The van der Waals surface area contributed by atoms with Gasteiger partial charge in [0.1, 0.15) is 103 Å². The summed E-state index contributed by atoms with van der Waals surface area (Å²) in [5.74, 6) is 0.821. The van der Waals surface area contributed by atoms with Gasteiger partial charge in [0.2, 0.25) is 0 Å². The van der Waals surface area contributed by atoms with Gasteiger partial charge >= 0.3 is 0 Å². The lowest BCUT2D eigenvalue weighted by Crippen LogP contribution is -2.67. The van der Waals surface area contributed by atoms with Crippen molar-refractivity contribution in [3.63, 3.8) is 0 Å². The summed E-state index contributed by atoms with van der Waals surface area (Å²) in [7, 11) is 0. The molecular weight excluding hydrogens is 969 g/mol. The van der Waals surface area contributed by atoms with Gasteiger partial charge in [-0.3, -0.25) is 4.79 Å². The molecule has 0 aromatic rings. The summed E-state index contributed by atoms with van der Waals surface area (Å²) in [4.78, 5) is 14.1. The van der Waals surface area contributed by atoms with Crippen molar-refractivity contribution in [2.75, 3.05) is 33.0 Å². The number of ketones is 1. The van der Waals surface area contributed by atoms with E-state index in [1.165, 1.54) is 0 Å². The van der Waals surface area contributed by atoms with Crippen LogP contribution in [0.25, 0.3) is 0 Å². The van der Waals surface area contributed by atoms with Crippen LogP contribution in [0, 0.1) is 46.3 Å². The maximum atomic E-state index is 14.1. The molecule has 0 spiro atoms. The van der Waals surface area contributed by atoms with Crippen LogP contribution in [0.3, 0.4) is 0 Å². The Kier molecular flexibility index (Phi) is 18.6. The van der Waals surface area contributed by atoms with Crippen molar-refractivity contribution in [2.24, 2.45) is 46.3 Å². The number of allylic oxidation sites excluding steroid dienone is 1. The number of aliphatic hydroxyl groups excluding tert-OH is 14. The third-order valence-electron chi connectivity index (χ3n) is 18.2. The molecule has 0 amide bonds. The number of hydrogen-bond acceptors (Lipinski definition) is 23. The summed E-state index contributed by atoms with van der Waals surface area (Å²) in [6, 6.07) is 0. The Morgan fingerprint density at radius 1 is 0.644 bits per heavy atom. The molecule has 7 fully saturated rings. The molecule has 3 saturated carbocycles. The van der Waals surface area contributed by atoms with E-state index in [1.807, 2.05) is 6.08 Å². The van der Waals surface area contributed by atoms with Crippen molar-refractivity contribution in [3.8, 4) is 0 Å². The molecular formula is C50H82O23. The number of hydrogen-bond donors (Lipinski definition) is 14. The van der Waals surface area contributed by atoms with E-state index in [2.05, 4.69) is 27.7 Å². The second-order valence-electron chi connectivity index (χ2n) is 23.0. The zero-order valence-electron chi connectivity index (χ0n) is 42.0. The average Bonchev–Trinajstić information content (AvgIpc) is 3.64. The lowest BCUT2D eigenvalue weighted by Gasteiger charge is -2.59. The van der Waals surface area contributed by atoms with Gasteiger partial charge in [0.05, 0.1) is 32.5 Å². The highest BCUT2D eigenvalue weighted by atomic mass is 16.8. The molecule has 0 aromatic carbocycles. The molecule has 8 rings (SSSR count). The summed E-state index contributed by atoms with van der Waals surface area (Å²) < 4.78 is 47.7. The van der Waals surface area contributed by atoms with Crippen molar-refractivity contribution in [1.82, 2.24) is 0 Å². The Labute approximate surface area is 424 Å². The first kappa shape index (κ1) is 57.7. The van der Waals surface area contributed by atoms with Crippen molar-refractivity contribution in [2.45, 2.75) is 214 Å². The van der Waals surface area contributed by atoms with Crippen molar-refractivity contribution >= 4 is 5.78 Å². The number of fused-ring (bicyclic) bond motifs is 5. The van der Waals surface area contributed by atoms with E-state index in [0.29, 0.717) is 25.2 Å². The molecule has 4 heterocycles. The largest absolute Gasteiger partial charge is 0.396 e. The minimum absolute atomic E-state index is 0.0344. The first-order valence-electron chi connectivity index (χ1n) is 26.3. The van der Waals surface area contributed by atoms with Gasteiger partial charge in [0.15, 0.2) is 25.2 Å². The van der Waals surface area contributed by atoms with Gasteiger partial charge in [-0.15, -0.1) is 0 Å². The SMILES string of the molecule is CC(C)CCC[C@@H](CO)[C@H]1CC(=O)[C@H]2[C@@H]3CC=C4[C@@H](O)[C@@H](O[C@@H]5O[C@H](CO)[C@@H](O[C@@H]6O[C@H](CO)[C@H](O)[C@H](O)[C@H]6O)[C@H](O[C@@H]6OC[C@@H](O)[C@@H](O)[C@@H]6O[C@H]6O[C@H](CO)[C@H](O)[C@H](O)[C@H]6O)[C@H]5O)CC[C@]4(C)[C@H]3CC[C@]12C. The third kappa shape index (κ3) is 10.9. The van der Waals surface area contributed by atoms with E-state index in [4.69, 9.17) is 37.9 Å². The Bertz CT molecular complexity index is 1860. The Morgan fingerprint density at radius 3 is 1.81 bits per heavy atom. The molecule has 0 radical (unpaired) electrons. The third-order valence-corrected chi connectivity index (χ3v) is 18.2. The summed E-state index contributed by atoms with van der Waals surface area (Å²) in [5, 5.41) is 151. The summed E-state index contributed by atoms with van der Waals surface area (Å²) in [6.07, 6.45) is -27.8. The molecule has 4 aliphatic heterocycles. The molecule has 4 aliphatic carbocycles. The highest BCUT2D eigenvalue weighted by molar-refractivity contribution is 5.85. The second kappa shape index (κ2) is 23.5. The quantitative estimate of drug-likeness (QED) is 0.0627. The van der Waals surface area contributed by atoms with Gasteiger partial charge < -0.3 is 109 Å². The number of rotatable bonds is 17. The smallest absolute Gasteiger partial charge is 0.187 e. The molecule has 0 unspecified atom stereocenters. The normalized spacial score (nSPS) is 50.8. The van der Waals surface area contributed by atoms with E-state index in [-0.39, 0.29) is 53.8 Å². The lowest BCUT2D eigenvalue weighted by atomic mass is 9.46. The van der Waals surface area contributed by atoms with Gasteiger partial charge in [0, 0.05) is 18.9 Å². The van der Waals surface area contributed by atoms with Crippen LogP contribution in [0.1, 0.15) is 85.5 Å². The predicted octanol–water partition coefficient (Wildman–Crippen LogP) is -3.55. The van der Waals surface area contributed by atoms with Crippen LogP contribution in [-0.4, -0.2) is 239 Å². The maximum Gasteiger partial charge on any atom is 0.187 e. The average molecular weight is 1050 g/mol. The topological polar surface area (TPSA) is 374 Å². The fourth-order valence-electron chi connectivity index (χ4n) is 14.1. The van der Waals surface area contributed by atoms with Gasteiger partial charge in [-0.2, -0.15) is 0 Å². The maximum absolute atomic E-state index is 14.1. The van der Waals surface area contributed by atoms with Gasteiger partial charge in [0.25, 0.3) is 0 Å². The lowest BCUT2D eigenvalue weighted by molar-refractivity contribution is -0.397. The minimum Gasteiger partial charge on any atom is -0.396 e. The van der Waals surface area contributed by atoms with E-state index < -0.39 is 161 Å². The van der Waals surface area contributed by atoms with Crippen molar-refractivity contribution in [3.05, 3.63) is 11.6 Å². The molecule has 23 heteroatoms. The van der Waals surface area contributed by atoms with E-state index in [0.717, 1.165) is 37.7 Å². The van der Waals surface area contributed by atoms with Crippen LogP contribution in [-0.2, 0) is 42.7 Å². The molecule has 23 nitrogen and oxygen atoms in total. The standard InChI is InChI=1S/C50H82O23/c1-20(2)6-5-7-21(15-51)25-14-26(55)32-22-8-9-24-33(57)28(11-13-49(24,3)23(22)10-12-50(25,32)4)67-47-41(65)43(42(31(18-54)70-47)71-45-39(63)37(61)35(59)29(16-52)68-45)72-48-44(34(58)27(56)19-66-48)73-46-40(64)38(62)36(60)30(17-53)69-46/h9,20-23,25,27-48,51-54,56-65H,5-8,10-19H2,1-4H3/t21-,22+,23-,25+,27+,28-,29+,30+,31+,32+,33+,34+,35-,36-,37-,38-,39+,40+,41+,42+,43+,44-,45-,46+,47+,48-,49+,50+/m0/s1. The molecule has 73 heavy (non-hydrogen) atoms. The van der Waals surface area contributed by atoms with Gasteiger partial charge in [-0.05, 0) is 84.5 Å². The number of carbonyl (C=O) groups is 1. The van der Waals surface area contributed by atoms with Crippen LogP contribution >= 0.6 is 0 Å². The number of carbonyl (C=O) groups excluding carboxylic acids is 1. The summed E-state index contributed by atoms with van der Waals surface area (Å²) in [6.45, 7) is 5.63. The molecule has 14 N–H and O–H groups in total. The van der Waals surface area contributed by atoms with Crippen LogP contribution in [0.15, 0.2) is 11.6 Å². The van der Waals surface area contributed by atoms with Crippen LogP contribution in [0.5, 0.6) is 0 Å². The summed E-state index contributed by atoms with van der Waals surface area (Å²) in [5.41, 5.74) is -0.0584. The zero-order valence-corrected chi connectivity index (χ0v) is 42.0. The Balaban J connectivity index is 1.03. The Hall–Kier alpha value is -1.47. The van der Waals surface area contributed by atoms with E-state index >= 15 is 0 Å². The number of Topliss-reactive ketones (excluding diaryl/α,β-unsaturated/α-hetero) is 1. The fourth-order valence-corrected chi connectivity index (χ4v) is 14.1. The first-order chi connectivity index (χ1) is 34.6. The molecule has 8 aliphatic rings. The summed E-state index contributed by atoms with van der Waals surface area (Å²) >= 11 is 0. The highest BCUT2D eigenvalue weighted by Crippen LogP contribution is 2.66. The molecule has 420 valence electrons. The highest BCUT2D eigenvalue weighted by Gasteiger charge is 2.64. The van der Waals surface area contributed by atoms with Crippen molar-refractivity contribution in [1.29, 1.82) is 0 Å². The first-order valence-corrected chi connectivity index (χ1v) is 26.3. The molecule has 28 atom stereocenters. The monoisotopic (exact) mass is 1050 g/mol.